The Balaban J connectivity index is 0. The standard InChI is InChI=1S/C5H5NO3P.K.H/c7-10(8)9-6-4-2-1-3-5-6;;/h1-5H;;/q2*+1;-1/p+1. The fourth-order valence-electron chi connectivity index (χ4n) is 0.518. The maximum absolute atomic E-state index is 10.1. The Morgan fingerprint density at radius 3 is 2.36 bits per heavy atom. The first-order chi connectivity index (χ1) is 4.79. The molecule has 11 heavy (non-hydrogen) atoms. The normalized spacial score (nSPS) is 9.73. The van der Waals surface area contributed by atoms with Crippen LogP contribution in [-0.2, 0) is 4.57 Å². The second-order valence-electron chi connectivity index (χ2n) is 1.55. The molecule has 1 unspecified atom stereocenters. The molecule has 1 heterocycles. The van der Waals surface area contributed by atoms with Gasteiger partial charge in [-0.3, -0.25) is 0 Å². The molecule has 0 bridgehead atoms. The summed E-state index contributed by atoms with van der Waals surface area (Å²) in [6.45, 7) is 0. The van der Waals surface area contributed by atoms with Crippen molar-refractivity contribution in [3.63, 3.8) is 0 Å². The van der Waals surface area contributed by atoms with Gasteiger partial charge in [0.25, 0.3) is 0 Å². The van der Waals surface area contributed by atoms with Crippen LogP contribution in [0, 0.1) is 0 Å². The van der Waals surface area contributed by atoms with E-state index >= 15 is 0 Å². The zero-order valence-corrected chi connectivity index (χ0v) is 10.1. The van der Waals surface area contributed by atoms with Crippen molar-refractivity contribution in [2.75, 3.05) is 0 Å². The van der Waals surface area contributed by atoms with E-state index in [2.05, 4.69) is 4.62 Å². The molecule has 0 spiro atoms. The average molecular weight is 199 g/mol. The minimum absolute atomic E-state index is 0. The molecule has 0 aromatic carbocycles. The first kappa shape index (κ1) is 11.6. The maximum atomic E-state index is 10.1. The Kier molecular flexibility index (Phi) is 6.56. The quantitative estimate of drug-likeness (QED) is 0.317. The number of hydrogen-bond acceptors (Lipinski definition) is 2. The summed E-state index contributed by atoms with van der Waals surface area (Å²) in [7, 11) is -2.56. The predicted molar refractivity (Wildman–Crippen MR) is 34.2 cm³/mol. The summed E-state index contributed by atoms with van der Waals surface area (Å²) < 4.78 is 15.6. The van der Waals surface area contributed by atoms with E-state index in [0.717, 1.165) is 0 Å². The van der Waals surface area contributed by atoms with Crippen LogP contribution in [0.15, 0.2) is 30.6 Å². The minimum Gasteiger partial charge on any atom is -1.00 e. The van der Waals surface area contributed by atoms with Gasteiger partial charge in [0.05, 0.1) is 4.73 Å². The van der Waals surface area contributed by atoms with Crippen molar-refractivity contribution in [3.05, 3.63) is 30.6 Å². The fraction of sp³-hybridized carbons (Fsp3) is 0. The van der Waals surface area contributed by atoms with E-state index in [1.165, 1.54) is 17.1 Å². The van der Waals surface area contributed by atoms with Crippen LogP contribution in [0.1, 0.15) is 1.43 Å². The largest absolute Gasteiger partial charge is 1.00 e. The van der Waals surface area contributed by atoms with Crippen molar-refractivity contribution in [3.8, 4) is 0 Å². The molecule has 0 aliphatic rings. The molecule has 6 heteroatoms. The summed E-state index contributed by atoms with van der Waals surface area (Å²) in [5, 5.41) is 0. The molecule has 1 rings (SSSR count). The number of hydrogen-bond donors (Lipinski definition) is 1. The van der Waals surface area contributed by atoms with Crippen molar-refractivity contribution in [2.24, 2.45) is 0 Å². The zero-order chi connectivity index (χ0) is 7.40. The number of nitrogens with zero attached hydrogens (tertiary/aromatic N) is 1. The zero-order valence-electron chi connectivity index (χ0n) is 7.04. The van der Waals surface area contributed by atoms with Crippen LogP contribution < -0.4 is 60.7 Å². The molecular formula is C5H7KNO3P+2. The fourth-order valence-corrected chi connectivity index (χ4v) is 0.788. The van der Waals surface area contributed by atoms with Crippen LogP contribution in [0.5, 0.6) is 0 Å². The first-order valence-electron chi connectivity index (χ1n) is 2.60. The van der Waals surface area contributed by atoms with Crippen molar-refractivity contribution in [2.45, 2.75) is 0 Å². The molecule has 54 valence electrons. The number of aromatic nitrogens is 1. The topological polar surface area (TPSA) is 50.4 Å². The molecule has 0 aliphatic heterocycles. The van der Waals surface area contributed by atoms with Crippen LogP contribution in [0.2, 0.25) is 0 Å². The Labute approximate surface area is 109 Å². The Morgan fingerprint density at radius 1 is 1.36 bits per heavy atom. The third-order valence-corrected chi connectivity index (χ3v) is 1.18. The van der Waals surface area contributed by atoms with Crippen LogP contribution in [0.4, 0.5) is 0 Å². The van der Waals surface area contributed by atoms with Crippen molar-refractivity contribution in [1.29, 1.82) is 0 Å². The number of pyridine rings is 1. The van der Waals surface area contributed by atoms with E-state index in [9.17, 15) is 4.57 Å². The van der Waals surface area contributed by atoms with Gasteiger partial charge in [-0.2, -0.15) is 0 Å². The van der Waals surface area contributed by atoms with Crippen molar-refractivity contribution in [1.82, 2.24) is 0 Å². The monoisotopic (exact) mass is 199 g/mol. The summed E-state index contributed by atoms with van der Waals surface area (Å²) in [5.74, 6) is 0. The molecule has 0 radical (unpaired) electrons. The molecule has 1 aromatic heterocycles. The first-order valence-corrected chi connectivity index (χ1v) is 3.73. The maximum Gasteiger partial charge on any atom is 1.00 e. The Bertz CT molecular complexity index is 235. The second kappa shape index (κ2) is 6.19. The third kappa shape index (κ3) is 4.98. The third-order valence-electron chi connectivity index (χ3n) is 0.852. The SMILES string of the molecule is O=[P+](O)O[n+]1ccccc1.[H-].[K+]. The Morgan fingerprint density at radius 2 is 1.91 bits per heavy atom. The van der Waals surface area contributed by atoms with E-state index < -0.39 is 8.25 Å². The number of rotatable bonds is 2. The molecule has 0 saturated heterocycles. The smallest absolute Gasteiger partial charge is 1.00 e. The molecule has 0 fully saturated rings. The van der Waals surface area contributed by atoms with Crippen LogP contribution in [-0.4, -0.2) is 4.89 Å². The van der Waals surface area contributed by atoms with Gasteiger partial charge >= 0.3 is 59.6 Å². The molecule has 1 aromatic rings. The van der Waals surface area contributed by atoms with Crippen LogP contribution in [0.25, 0.3) is 0 Å². The van der Waals surface area contributed by atoms with Gasteiger partial charge in [-0.1, -0.05) is 6.07 Å². The average Bonchev–Trinajstić information content (AvgIpc) is 1.88. The van der Waals surface area contributed by atoms with E-state index in [1.54, 1.807) is 18.2 Å². The van der Waals surface area contributed by atoms with Gasteiger partial charge in [-0.05, 0) is 0 Å². The molecule has 4 nitrogen and oxygen atoms in total. The molecule has 0 saturated carbocycles. The summed E-state index contributed by atoms with van der Waals surface area (Å²) >= 11 is 0. The summed E-state index contributed by atoms with van der Waals surface area (Å²) in [5.41, 5.74) is 0. The van der Waals surface area contributed by atoms with Crippen molar-refractivity contribution < 1.29 is 71.6 Å². The van der Waals surface area contributed by atoms with E-state index in [1.807, 2.05) is 0 Å². The van der Waals surface area contributed by atoms with Crippen molar-refractivity contribution >= 4 is 8.25 Å². The summed E-state index contributed by atoms with van der Waals surface area (Å²) in [4.78, 5) is 8.27. The summed E-state index contributed by atoms with van der Waals surface area (Å²) in [6.07, 6.45) is 3.06. The molecule has 1 N–H and O–H groups in total. The molecule has 1 atom stereocenters. The second-order valence-corrected chi connectivity index (χ2v) is 2.19. The van der Waals surface area contributed by atoms with Gasteiger partial charge in [0.2, 0.25) is 12.4 Å². The van der Waals surface area contributed by atoms with Gasteiger partial charge in [0.1, 0.15) is 0 Å². The minimum atomic E-state index is -2.56. The van der Waals surface area contributed by atoms with E-state index in [0.29, 0.717) is 0 Å². The van der Waals surface area contributed by atoms with E-state index in [-0.39, 0.29) is 52.8 Å². The molecular weight excluding hydrogens is 192 g/mol. The van der Waals surface area contributed by atoms with Gasteiger partial charge in [0.15, 0.2) is 0 Å². The molecule has 0 aliphatic carbocycles. The van der Waals surface area contributed by atoms with Gasteiger partial charge in [-0.15, -0.1) is 4.89 Å². The predicted octanol–water partition coefficient (Wildman–Crippen LogP) is -2.83. The van der Waals surface area contributed by atoms with Crippen LogP contribution in [0.3, 0.4) is 0 Å². The van der Waals surface area contributed by atoms with Gasteiger partial charge in [-0.25, -0.2) is 0 Å². The van der Waals surface area contributed by atoms with Gasteiger partial charge < -0.3 is 1.43 Å². The summed E-state index contributed by atoms with van der Waals surface area (Å²) in [6, 6.07) is 5.17. The van der Waals surface area contributed by atoms with Crippen LogP contribution >= 0.6 is 8.25 Å². The molecule has 0 amide bonds. The van der Waals surface area contributed by atoms with E-state index in [4.69, 9.17) is 4.89 Å². The Hall–Kier alpha value is 0.646. The van der Waals surface area contributed by atoms with Gasteiger partial charge in [0, 0.05) is 21.3 Å².